The van der Waals surface area contributed by atoms with E-state index in [1.54, 1.807) is 0 Å². The zero-order valence-corrected chi connectivity index (χ0v) is 58.7. The van der Waals surface area contributed by atoms with Crippen LogP contribution in [0.5, 0.6) is 0 Å². The predicted octanol–water partition coefficient (Wildman–Crippen LogP) is 24.6. The van der Waals surface area contributed by atoms with Gasteiger partial charge in [-0.15, -0.1) is 0 Å². The molecule has 0 aromatic heterocycles. The first-order valence-corrected chi connectivity index (χ1v) is 39.2. The van der Waals surface area contributed by atoms with Gasteiger partial charge in [0.05, 0.1) is 13.2 Å². The smallest absolute Gasteiger partial charge is 0.315 e. The quantitative estimate of drug-likeness (QED) is 0.0334. The minimum Gasteiger partial charge on any atom is -0.465 e. The predicted molar refractivity (Wildman–Crippen MR) is 368 cm³/mol. The van der Waals surface area contributed by atoms with Gasteiger partial charge in [-0.25, -0.2) is 0 Å². The van der Waals surface area contributed by atoms with Gasteiger partial charge in [-0.2, -0.15) is 0 Å². The minimum atomic E-state index is -1.12. The Morgan fingerprint density at radius 1 is 0.276 bits per heavy atom. The molecule has 0 bridgehead atoms. The molecule has 0 N–H and O–H groups in total. The molecule has 87 heavy (non-hydrogen) atoms. The van der Waals surface area contributed by atoms with Crippen LogP contribution < -0.4 is 0 Å². The van der Waals surface area contributed by atoms with Crippen LogP contribution in [0, 0.1) is 5.92 Å². The van der Waals surface area contributed by atoms with Crippen molar-refractivity contribution in [1.29, 1.82) is 0 Å². The van der Waals surface area contributed by atoms with Gasteiger partial charge in [0.2, 0.25) is 0 Å². The first-order chi connectivity index (χ1) is 42.9. The average molecular weight is 1230 g/mol. The molecule has 514 valence electrons. The molecular formula is C78H148O9. The van der Waals surface area contributed by atoms with Crippen LogP contribution in [-0.2, 0) is 42.9 Å². The molecule has 9 nitrogen and oxygen atoms in total. The van der Waals surface area contributed by atoms with E-state index in [1.165, 1.54) is 295 Å². The van der Waals surface area contributed by atoms with Gasteiger partial charge in [0.15, 0.2) is 12.2 Å². The summed E-state index contributed by atoms with van der Waals surface area (Å²) in [6.45, 7) is 9.14. The third-order valence-electron chi connectivity index (χ3n) is 18.8. The number of carbonyl (C=O) groups excluding carboxylic acids is 4. The van der Waals surface area contributed by atoms with E-state index in [2.05, 4.69) is 27.7 Å². The molecule has 0 aliphatic carbocycles. The van der Waals surface area contributed by atoms with Crippen molar-refractivity contribution in [2.24, 2.45) is 5.92 Å². The van der Waals surface area contributed by atoms with Gasteiger partial charge in [0.25, 0.3) is 0 Å². The number of hydrogen-bond donors (Lipinski definition) is 0. The normalized spacial score (nSPS) is 15.9. The maximum atomic E-state index is 14.1. The number of rotatable bonds is 69. The SMILES string of the molecule is CCCCCCCCCCCCCCCCCOC(=O)C1COC(COC(=O)CCCCCCCCCCCCCCCCC)C(OC(=O)CCCCCCCCCCCCCCCCC)C1OC(=O)CCCCCCCCCCCCCCCCC. The molecule has 4 unspecified atom stereocenters. The number of ether oxygens (including phenoxy) is 5. The van der Waals surface area contributed by atoms with E-state index in [-0.39, 0.29) is 38.6 Å². The topological polar surface area (TPSA) is 114 Å². The Morgan fingerprint density at radius 3 is 0.782 bits per heavy atom. The maximum absolute atomic E-state index is 14.1. The average Bonchev–Trinajstić information content (AvgIpc) is 2.51. The van der Waals surface area contributed by atoms with E-state index in [1.807, 2.05) is 0 Å². The van der Waals surface area contributed by atoms with Gasteiger partial charge in [-0.1, -0.05) is 387 Å². The molecule has 1 aliphatic heterocycles. The first kappa shape index (κ1) is 82.9. The number of esters is 4. The first-order valence-electron chi connectivity index (χ1n) is 39.2. The summed E-state index contributed by atoms with van der Waals surface area (Å²) >= 11 is 0. The second-order valence-electron chi connectivity index (χ2n) is 27.3. The Kier molecular flexibility index (Phi) is 63.6. The molecule has 0 spiro atoms. The summed E-state index contributed by atoms with van der Waals surface area (Å²) in [4.78, 5) is 55.0. The Balaban J connectivity index is 2.88. The second-order valence-corrected chi connectivity index (χ2v) is 27.3. The lowest BCUT2D eigenvalue weighted by atomic mass is 9.91. The Morgan fingerprint density at radius 2 is 0.506 bits per heavy atom. The third kappa shape index (κ3) is 55.2. The minimum absolute atomic E-state index is 0.0804. The molecule has 4 atom stereocenters. The van der Waals surface area contributed by atoms with Gasteiger partial charge in [-0.05, 0) is 25.7 Å². The summed E-state index contributed by atoms with van der Waals surface area (Å²) in [7, 11) is 0. The standard InChI is InChI=1S/C78H148O9/c1-5-9-13-17-21-25-29-33-37-41-45-49-53-57-61-65-73(79)85-70-72-77(87-75(81)67-63-59-55-51-47-43-39-35-31-27-23-19-15-11-7-3)76(86-74(80)66-62-58-54-50-46-42-38-34-30-26-22-18-14-10-6-2)71(69-84-72)78(82)83-68-64-60-56-52-48-44-40-36-32-28-24-20-16-12-8-4/h71-72,76-77H,5-70H2,1-4H3. The van der Waals surface area contributed by atoms with E-state index in [4.69, 9.17) is 23.7 Å². The summed E-state index contributed by atoms with van der Waals surface area (Å²) in [6.07, 6.45) is 72.3. The highest BCUT2D eigenvalue weighted by molar-refractivity contribution is 5.76. The van der Waals surface area contributed by atoms with Crippen molar-refractivity contribution in [3.05, 3.63) is 0 Å². The van der Waals surface area contributed by atoms with Crippen LogP contribution >= 0.6 is 0 Å². The van der Waals surface area contributed by atoms with Crippen molar-refractivity contribution in [3.8, 4) is 0 Å². The lowest BCUT2D eigenvalue weighted by Crippen LogP contribution is -2.57. The van der Waals surface area contributed by atoms with Crippen LogP contribution in [0.2, 0.25) is 0 Å². The second kappa shape index (κ2) is 66.8. The molecular weight excluding hydrogens is 1080 g/mol. The van der Waals surface area contributed by atoms with Gasteiger partial charge in [-0.3, -0.25) is 19.2 Å². The van der Waals surface area contributed by atoms with Crippen molar-refractivity contribution in [2.75, 3.05) is 19.8 Å². The summed E-state index contributed by atoms with van der Waals surface area (Å²) in [5.74, 6) is -2.62. The van der Waals surface area contributed by atoms with Crippen LogP contribution in [0.25, 0.3) is 0 Å². The molecule has 9 heteroatoms. The van der Waals surface area contributed by atoms with Gasteiger partial charge in [0, 0.05) is 19.3 Å². The molecule has 0 aromatic rings. The van der Waals surface area contributed by atoms with Crippen LogP contribution in [0.15, 0.2) is 0 Å². The highest BCUT2D eigenvalue weighted by Crippen LogP contribution is 2.30. The fourth-order valence-electron chi connectivity index (χ4n) is 12.8. The third-order valence-corrected chi connectivity index (χ3v) is 18.8. The number of carbonyl (C=O) groups is 4. The summed E-state index contributed by atoms with van der Waals surface area (Å²) in [6, 6.07) is 0. The van der Waals surface area contributed by atoms with Crippen LogP contribution in [0.1, 0.15) is 432 Å². The van der Waals surface area contributed by atoms with Crippen molar-refractivity contribution in [2.45, 2.75) is 451 Å². The van der Waals surface area contributed by atoms with Crippen LogP contribution in [0.4, 0.5) is 0 Å². The van der Waals surface area contributed by atoms with E-state index in [0.29, 0.717) is 19.3 Å². The van der Waals surface area contributed by atoms with Crippen molar-refractivity contribution < 1.29 is 42.9 Å². The Bertz CT molecular complexity index is 1470. The van der Waals surface area contributed by atoms with Crippen molar-refractivity contribution in [3.63, 3.8) is 0 Å². The van der Waals surface area contributed by atoms with Gasteiger partial charge in [0.1, 0.15) is 18.6 Å². The largest absolute Gasteiger partial charge is 0.465 e. The molecule has 0 amide bonds. The van der Waals surface area contributed by atoms with Crippen LogP contribution in [0.3, 0.4) is 0 Å². The van der Waals surface area contributed by atoms with E-state index in [9.17, 15) is 19.2 Å². The highest BCUT2D eigenvalue weighted by Gasteiger charge is 2.49. The molecule has 0 saturated carbocycles. The van der Waals surface area contributed by atoms with E-state index in [0.717, 1.165) is 77.0 Å². The molecule has 1 saturated heterocycles. The lowest BCUT2D eigenvalue weighted by Gasteiger charge is -2.40. The number of unbranched alkanes of at least 4 members (excludes halogenated alkanes) is 56. The molecule has 1 aliphatic rings. The van der Waals surface area contributed by atoms with E-state index < -0.39 is 42.1 Å². The van der Waals surface area contributed by atoms with E-state index >= 15 is 0 Å². The summed E-state index contributed by atoms with van der Waals surface area (Å²) in [5, 5.41) is 0. The zero-order valence-electron chi connectivity index (χ0n) is 58.7. The highest BCUT2D eigenvalue weighted by atomic mass is 16.6. The molecule has 1 fully saturated rings. The fraction of sp³-hybridized carbons (Fsp3) is 0.949. The van der Waals surface area contributed by atoms with Gasteiger partial charge >= 0.3 is 23.9 Å². The van der Waals surface area contributed by atoms with Crippen molar-refractivity contribution in [1.82, 2.24) is 0 Å². The zero-order chi connectivity index (χ0) is 62.8. The van der Waals surface area contributed by atoms with Gasteiger partial charge < -0.3 is 23.7 Å². The Hall–Kier alpha value is -2.16. The summed E-state index contributed by atoms with van der Waals surface area (Å²) < 4.78 is 30.7. The molecule has 0 aromatic carbocycles. The molecule has 1 rings (SSSR count). The number of hydrogen-bond acceptors (Lipinski definition) is 9. The van der Waals surface area contributed by atoms with Crippen LogP contribution in [-0.4, -0.2) is 62.0 Å². The molecule has 1 heterocycles. The summed E-state index contributed by atoms with van der Waals surface area (Å²) in [5.41, 5.74) is 0. The maximum Gasteiger partial charge on any atom is 0.315 e. The Labute approximate surface area is 540 Å². The fourth-order valence-corrected chi connectivity index (χ4v) is 12.8. The molecule has 0 radical (unpaired) electrons. The monoisotopic (exact) mass is 1230 g/mol. The van der Waals surface area contributed by atoms with Crippen molar-refractivity contribution >= 4 is 23.9 Å². The lowest BCUT2D eigenvalue weighted by molar-refractivity contribution is -0.221.